The maximum atomic E-state index is 12.0. The van der Waals surface area contributed by atoms with E-state index in [0.717, 1.165) is 11.1 Å². The fourth-order valence-electron chi connectivity index (χ4n) is 3.01. The number of methoxy groups -OCH3 is 2. The Morgan fingerprint density at radius 1 is 0.676 bits per heavy atom. The van der Waals surface area contributed by atoms with Crippen LogP contribution >= 0.6 is 31.9 Å². The number of hydrogen-bond donors (Lipinski definition) is 0. The Balaban J connectivity index is 0.000000191. The van der Waals surface area contributed by atoms with Crippen LogP contribution in [0.1, 0.15) is 11.1 Å². The van der Waals surface area contributed by atoms with Gasteiger partial charge in [0, 0.05) is 0 Å². The second-order valence-corrected chi connectivity index (χ2v) is 8.66. The lowest BCUT2D eigenvalue weighted by molar-refractivity contribution is 0.395. The van der Waals surface area contributed by atoms with Crippen LogP contribution in [-0.4, -0.2) is 33.8 Å². The minimum atomic E-state index is -0.245. The molecule has 4 rings (SSSR count). The molecule has 2 aromatic carbocycles. The summed E-state index contributed by atoms with van der Waals surface area (Å²) in [7, 11) is 2.93. The van der Waals surface area contributed by atoms with Gasteiger partial charge in [-0.2, -0.15) is 10.2 Å². The average Bonchev–Trinajstić information content (AvgIpc) is 2.85. The molecule has 0 atom stereocenters. The van der Waals surface area contributed by atoms with E-state index < -0.39 is 0 Å². The maximum Gasteiger partial charge on any atom is 0.310 e. The van der Waals surface area contributed by atoms with Crippen LogP contribution in [0, 0.1) is 0 Å². The van der Waals surface area contributed by atoms with E-state index in [-0.39, 0.29) is 22.6 Å². The van der Waals surface area contributed by atoms with Crippen LogP contribution in [0.3, 0.4) is 0 Å². The molecular formula is C24H22Br2N4O4. The summed E-state index contributed by atoms with van der Waals surface area (Å²) in [6, 6.07) is 19.4. The lowest BCUT2D eigenvalue weighted by Gasteiger charge is -2.07. The predicted molar refractivity (Wildman–Crippen MR) is 137 cm³/mol. The summed E-state index contributed by atoms with van der Waals surface area (Å²) in [5.74, 6) is 0.548. The highest BCUT2D eigenvalue weighted by Gasteiger charge is 2.10. The molecule has 176 valence electrons. The molecule has 34 heavy (non-hydrogen) atoms. The molecule has 0 spiro atoms. The van der Waals surface area contributed by atoms with Gasteiger partial charge in [0.15, 0.2) is 0 Å². The first-order valence-corrected chi connectivity index (χ1v) is 11.7. The van der Waals surface area contributed by atoms with E-state index in [1.165, 1.54) is 23.6 Å². The van der Waals surface area contributed by atoms with Crippen molar-refractivity contribution in [1.82, 2.24) is 19.6 Å². The summed E-state index contributed by atoms with van der Waals surface area (Å²) in [6.45, 7) is 0.868. The van der Waals surface area contributed by atoms with Crippen LogP contribution in [0.15, 0.2) is 91.6 Å². The number of rotatable bonds is 6. The molecule has 2 heterocycles. The summed E-state index contributed by atoms with van der Waals surface area (Å²) in [4.78, 5) is 23.9. The topological polar surface area (TPSA) is 88.2 Å². The van der Waals surface area contributed by atoms with Gasteiger partial charge in [-0.05, 0) is 43.0 Å². The van der Waals surface area contributed by atoms with Crippen molar-refractivity contribution in [2.45, 2.75) is 13.1 Å². The van der Waals surface area contributed by atoms with Crippen molar-refractivity contribution in [2.24, 2.45) is 0 Å². The van der Waals surface area contributed by atoms with Crippen LogP contribution in [0.4, 0.5) is 0 Å². The van der Waals surface area contributed by atoms with Crippen LogP contribution in [0.25, 0.3) is 0 Å². The van der Waals surface area contributed by atoms with Crippen LogP contribution in [0.2, 0.25) is 0 Å². The largest absolute Gasteiger partial charge is 0.490 e. The number of aromatic nitrogens is 4. The van der Waals surface area contributed by atoms with Gasteiger partial charge >= 0.3 is 11.1 Å². The predicted octanol–water partition coefficient (Wildman–Crippen LogP) is 4.13. The Kier molecular flexibility index (Phi) is 9.17. The minimum absolute atomic E-state index is 0.245. The van der Waals surface area contributed by atoms with Crippen LogP contribution in [0.5, 0.6) is 11.5 Å². The van der Waals surface area contributed by atoms with Gasteiger partial charge < -0.3 is 9.47 Å². The van der Waals surface area contributed by atoms with Crippen molar-refractivity contribution in [2.75, 3.05) is 14.2 Å². The van der Waals surface area contributed by atoms with Gasteiger partial charge in [0.05, 0.1) is 48.6 Å². The summed E-state index contributed by atoms with van der Waals surface area (Å²) < 4.78 is 13.9. The molecule has 0 saturated carbocycles. The lowest BCUT2D eigenvalue weighted by Crippen LogP contribution is -2.24. The number of benzene rings is 2. The highest BCUT2D eigenvalue weighted by Crippen LogP contribution is 2.18. The summed E-state index contributed by atoms with van der Waals surface area (Å²) in [6.07, 6.45) is 3.12. The fourth-order valence-corrected chi connectivity index (χ4v) is 3.86. The molecule has 0 amide bonds. The Morgan fingerprint density at radius 3 is 1.35 bits per heavy atom. The molecule has 0 N–H and O–H groups in total. The Labute approximate surface area is 213 Å². The molecule has 2 aromatic heterocycles. The second kappa shape index (κ2) is 12.3. The summed E-state index contributed by atoms with van der Waals surface area (Å²) in [5, 5.41) is 8.12. The van der Waals surface area contributed by atoms with Crippen LogP contribution in [-0.2, 0) is 13.1 Å². The monoisotopic (exact) mass is 588 g/mol. The van der Waals surface area contributed by atoms with Gasteiger partial charge in [0.25, 0.3) is 0 Å². The lowest BCUT2D eigenvalue weighted by atomic mass is 10.2. The fraction of sp³-hybridized carbons (Fsp3) is 0.167. The third-order valence-corrected chi connectivity index (χ3v) is 5.80. The summed E-state index contributed by atoms with van der Waals surface area (Å²) in [5.41, 5.74) is 1.55. The van der Waals surface area contributed by atoms with E-state index in [0.29, 0.717) is 22.0 Å². The standard InChI is InChI=1S/2C12H11BrN2O2/c2*1-17-11-10(13)7-14-15(12(11)16)8-9-5-3-2-4-6-9/h2*2-7H,8H2,1H3. The van der Waals surface area contributed by atoms with Gasteiger partial charge in [0.2, 0.25) is 11.5 Å². The van der Waals surface area contributed by atoms with Gasteiger partial charge in [-0.25, -0.2) is 9.36 Å². The van der Waals surface area contributed by atoms with Crippen molar-refractivity contribution in [3.05, 3.63) is 114 Å². The van der Waals surface area contributed by atoms with Gasteiger partial charge in [-0.1, -0.05) is 60.7 Å². The van der Waals surface area contributed by atoms with Gasteiger partial charge in [0.1, 0.15) is 0 Å². The van der Waals surface area contributed by atoms with Crippen LogP contribution < -0.4 is 20.6 Å². The van der Waals surface area contributed by atoms with Gasteiger partial charge in [-0.15, -0.1) is 0 Å². The maximum absolute atomic E-state index is 12.0. The first-order valence-electron chi connectivity index (χ1n) is 10.1. The molecule has 0 radical (unpaired) electrons. The Bertz CT molecular complexity index is 1240. The molecule has 0 aliphatic heterocycles. The van der Waals surface area contributed by atoms with E-state index in [9.17, 15) is 9.59 Å². The molecule has 0 aliphatic carbocycles. The molecule has 4 aromatic rings. The Hall–Kier alpha value is -3.24. The highest BCUT2D eigenvalue weighted by atomic mass is 79.9. The molecule has 0 bridgehead atoms. The zero-order valence-corrected chi connectivity index (χ0v) is 21.7. The number of hydrogen-bond acceptors (Lipinski definition) is 6. The molecule has 8 nitrogen and oxygen atoms in total. The zero-order valence-electron chi connectivity index (χ0n) is 18.5. The van der Waals surface area contributed by atoms with E-state index in [1.807, 2.05) is 60.7 Å². The third-order valence-electron chi connectivity index (χ3n) is 4.67. The van der Waals surface area contributed by atoms with Crippen molar-refractivity contribution >= 4 is 31.9 Å². The molecule has 0 aliphatic rings. The SMILES string of the molecule is COc1c(Br)cnn(Cc2ccccc2)c1=O.COc1c(Br)cnn(Cc2ccccc2)c1=O. The smallest absolute Gasteiger partial charge is 0.310 e. The van der Waals surface area contributed by atoms with E-state index in [2.05, 4.69) is 42.1 Å². The molecule has 10 heteroatoms. The minimum Gasteiger partial charge on any atom is -0.490 e. The molecule has 0 fully saturated rings. The average molecular weight is 590 g/mol. The van der Waals surface area contributed by atoms with Crippen molar-refractivity contribution < 1.29 is 9.47 Å². The number of nitrogens with zero attached hydrogens (tertiary/aromatic N) is 4. The summed E-state index contributed by atoms with van der Waals surface area (Å²) >= 11 is 6.45. The third kappa shape index (κ3) is 6.42. The zero-order chi connectivity index (χ0) is 24.5. The highest BCUT2D eigenvalue weighted by molar-refractivity contribution is 9.10. The normalized spacial score (nSPS) is 10.2. The van der Waals surface area contributed by atoms with Gasteiger partial charge in [-0.3, -0.25) is 9.59 Å². The van der Waals surface area contributed by atoms with Crippen molar-refractivity contribution in [1.29, 1.82) is 0 Å². The van der Waals surface area contributed by atoms with E-state index in [1.54, 1.807) is 12.4 Å². The first kappa shape index (κ1) is 25.4. The van der Waals surface area contributed by atoms with E-state index >= 15 is 0 Å². The number of ether oxygens (including phenoxy) is 2. The number of halogens is 2. The first-order chi connectivity index (χ1) is 16.4. The quantitative estimate of drug-likeness (QED) is 0.336. The Morgan fingerprint density at radius 2 is 1.03 bits per heavy atom. The van der Waals surface area contributed by atoms with E-state index in [4.69, 9.17) is 9.47 Å². The van der Waals surface area contributed by atoms with Crippen molar-refractivity contribution in [3.8, 4) is 11.5 Å². The molecular weight excluding hydrogens is 568 g/mol. The second-order valence-electron chi connectivity index (χ2n) is 6.95. The molecule has 0 saturated heterocycles. The molecule has 0 unspecified atom stereocenters. The van der Waals surface area contributed by atoms with Crippen molar-refractivity contribution in [3.63, 3.8) is 0 Å².